The lowest BCUT2D eigenvalue weighted by molar-refractivity contribution is 0.320. The molecule has 2 heterocycles. The van der Waals surface area contributed by atoms with Gasteiger partial charge in [-0.3, -0.25) is 14.7 Å². The average molecular weight is 399 g/mol. The number of benzene rings is 1. The van der Waals surface area contributed by atoms with E-state index in [2.05, 4.69) is 25.7 Å². The zero-order valence-electron chi connectivity index (χ0n) is 15.6. The summed E-state index contributed by atoms with van der Waals surface area (Å²) in [5, 5.41) is 11.7. The molecule has 7 nitrogen and oxygen atoms in total. The summed E-state index contributed by atoms with van der Waals surface area (Å²) in [5.74, 6) is 1.44. The number of aliphatic imine (C=N–C) groups is 1. The third kappa shape index (κ3) is 5.72. The second-order valence-electron chi connectivity index (χ2n) is 5.97. The van der Waals surface area contributed by atoms with Crippen molar-refractivity contribution in [3.05, 3.63) is 77.8 Å². The molecule has 0 fully saturated rings. The molecule has 0 amide bonds. The van der Waals surface area contributed by atoms with E-state index in [0.29, 0.717) is 30.7 Å². The first-order valence-electron chi connectivity index (χ1n) is 8.98. The van der Waals surface area contributed by atoms with E-state index >= 15 is 0 Å². The Morgan fingerprint density at radius 2 is 2.04 bits per heavy atom. The Morgan fingerprint density at radius 3 is 2.71 bits per heavy atom. The number of hydrogen-bond donors (Lipinski definition) is 2. The van der Waals surface area contributed by atoms with Crippen LogP contribution in [0.4, 0.5) is 0 Å². The zero-order chi connectivity index (χ0) is 19.6. The van der Waals surface area contributed by atoms with Gasteiger partial charge >= 0.3 is 0 Å². The van der Waals surface area contributed by atoms with Crippen LogP contribution in [-0.2, 0) is 0 Å². The van der Waals surface area contributed by atoms with Crippen molar-refractivity contribution in [3.8, 4) is 5.75 Å². The molecule has 0 saturated carbocycles. The van der Waals surface area contributed by atoms with Gasteiger partial charge in [-0.1, -0.05) is 23.7 Å². The number of hydrogen-bond acceptors (Lipinski definition) is 4. The van der Waals surface area contributed by atoms with Gasteiger partial charge in [0.25, 0.3) is 0 Å². The first-order valence-corrected chi connectivity index (χ1v) is 9.36. The van der Waals surface area contributed by atoms with Gasteiger partial charge < -0.3 is 15.4 Å². The molecular formula is C20H23ClN6O. The smallest absolute Gasteiger partial charge is 0.191 e. The number of halogens is 1. The van der Waals surface area contributed by atoms with Crippen LogP contribution in [0.2, 0.25) is 5.02 Å². The molecule has 28 heavy (non-hydrogen) atoms. The van der Waals surface area contributed by atoms with Crippen LogP contribution in [0, 0.1) is 0 Å². The normalized spacial score (nSPS) is 12.4. The maximum atomic E-state index is 6.02. The lowest BCUT2D eigenvalue weighted by atomic mass is 10.1. The highest BCUT2D eigenvalue weighted by Crippen LogP contribution is 2.19. The molecular weight excluding hydrogens is 376 g/mol. The highest BCUT2D eigenvalue weighted by Gasteiger charge is 2.14. The molecule has 1 atom stereocenters. The summed E-state index contributed by atoms with van der Waals surface area (Å²) in [5.41, 5.74) is 1.11. The van der Waals surface area contributed by atoms with Crippen LogP contribution in [-0.4, -0.2) is 47.5 Å². The number of rotatable bonds is 8. The number of ether oxygens (including phenoxy) is 1. The van der Waals surface area contributed by atoms with Crippen molar-refractivity contribution < 1.29 is 4.74 Å². The maximum Gasteiger partial charge on any atom is 0.191 e. The molecule has 2 N–H and O–H groups in total. The van der Waals surface area contributed by atoms with E-state index in [0.717, 1.165) is 11.3 Å². The van der Waals surface area contributed by atoms with Crippen LogP contribution in [0.1, 0.15) is 11.6 Å². The Hall–Kier alpha value is -3.06. The monoisotopic (exact) mass is 398 g/mol. The third-order valence-electron chi connectivity index (χ3n) is 4.08. The Bertz CT molecular complexity index is 852. The Morgan fingerprint density at radius 1 is 1.18 bits per heavy atom. The predicted octanol–water partition coefficient (Wildman–Crippen LogP) is 2.76. The molecule has 0 spiro atoms. The average Bonchev–Trinajstić information content (AvgIpc) is 3.26. The summed E-state index contributed by atoms with van der Waals surface area (Å²) in [6, 6.07) is 13.4. The minimum Gasteiger partial charge on any atom is -0.490 e. The summed E-state index contributed by atoms with van der Waals surface area (Å²) in [6.45, 7) is 1.74. The van der Waals surface area contributed by atoms with Gasteiger partial charge in [0.1, 0.15) is 12.4 Å². The number of aromatic nitrogens is 3. The maximum absolute atomic E-state index is 6.02. The zero-order valence-corrected chi connectivity index (χ0v) is 16.4. The summed E-state index contributed by atoms with van der Waals surface area (Å²) in [7, 11) is 1.74. The first kappa shape index (κ1) is 19.7. The van der Waals surface area contributed by atoms with Crippen molar-refractivity contribution in [3.63, 3.8) is 0 Å². The molecule has 1 unspecified atom stereocenters. The van der Waals surface area contributed by atoms with E-state index in [9.17, 15) is 0 Å². The second kappa shape index (κ2) is 10.3. The van der Waals surface area contributed by atoms with Crippen molar-refractivity contribution in [2.24, 2.45) is 4.99 Å². The van der Waals surface area contributed by atoms with Gasteiger partial charge in [0.15, 0.2) is 5.96 Å². The van der Waals surface area contributed by atoms with E-state index in [1.54, 1.807) is 25.6 Å². The van der Waals surface area contributed by atoms with Gasteiger partial charge in [-0.05, 0) is 35.9 Å². The molecule has 0 bridgehead atoms. The van der Waals surface area contributed by atoms with Gasteiger partial charge in [0.2, 0.25) is 0 Å². The topological polar surface area (TPSA) is 76.4 Å². The lowest BCUT2D eigenvalue weighted by Gasteiger charge is -2.20. The first-order chi connectivity index (χ1) is 13.8. The fraction of sp³-hybridized carbons (Fsp3) is 0.250. The number of nitrogens with zero attached hydrogens (tertiary/aromatic N) is 4. The molecule has 2 aromatic heterocycles. The van der Waals surface area contributed by atoms with Gasteiger partial charge in [-0.2, -0.15) is 5.10 Å². The van der Waals surface area contributed by atoms with Crippen molar-refractivity contribution in [1.29, 1.82) is 0 Å². The van der Waals surface area contributed by atoms with E-state index in [1.165, 1.54) is 0 Å². The fourth-order valence-corrected chi connectivity index (χ4v) is 2.82. The van der Waals surface area contributed by atoms with E-state index in [-0.39, 0.29) is 6.04 Å². The lowest BCUT2D eigenvalue weighted by Crippen LogP contribution is -2.42. The molecule has 0 aliphatic carbocycles. The van der Waals surface area contributed by atoms with Crippen LogP contribution < -0.4 is 15.4 Å². The van der Waals surface area contributed by atoms with E-state index in [4.69, 9.17) is 16.3 Å². The molecule has 1 aromatic carbocycles. The van der Waals surface area contributed by atoms with Crippen LogP contribution in [0.3, 0.4) is 0 Å². The third-order valence-corrected chi connectivity index (χ3v) is 4.34. The van der Waals surface area contributed by atoms with E-state index < -0.39 is 0 Å². The molecule has 0 aliphatic rings. The van der Waals surface area contributed by atoms with Crippen molar-refractivity contribution in [2.45, 2.75) is 6.04 Å². The minimum absolute atomic E-state index is 0.0115. The van der Waals surface area contributed by atoms with Crippen LogP contribution in [0.15, 0.2) is 72.2 Å². The number of guanidine groups is 1. The Balaban J connectivity index is 1.53. The van der Waals surface area contributed by atoms with Crippen LogP contribution in [0.5, 0.6) is 5.75 Å². The van der Waals surface area contributed by atoms with Gasteiger partial charge in [0, 0.05) is 37.2 Å². The molecule has 146 valence electrons. The van der Waals surface area contributed by atoms with Gasteiger partial charge in [-0.15, -0.1) is 0 Å². The molecule has 0 saturated heterocycles. The molecule has 0 radical (unpaired) electrons. The summed E-state index contributed by atoms with van der Waals surface area (Å²) in [6.07, 6.45) is 7.12. The molecule has 8 heteroatoms. The highest BCUT2D eigenvalue weighted by molar-refractivity contribution is 6.30. The van der Waals surface area contributed by atoms with Crippen LogP contribution >= 0.6 is 11.6 Å². The van der Waals surface area contributed by atoms with Gasteiger partial charge in [-0.25, -0.2) is 0 Å². The number of pyridine rings is 1. The highest BCUT2D eigenvalue weighted by atomic mass is 35.5. The fourth-order valence-electron chi connectivity index (χ4n) is 2.70. The molecule has 3 aromatic rings. The Kier molecular flexibility index (Phi) is 7.26. The van der Waals surface area contributed by atoms with Crippen molar-refractivity contribution in [2.75, 3.05) is 26.7 Å². The van der Waals surface area contributed by atoms with Crippen LogP contribution in [0.25, 0.3) is 0 Å². The number of nitrogens with one attached hydrogen (secondary N) is 2. The van der Waals surface area contributed by atoms with Crippen molar-refractivity contribution >= 4 is 17.6 Å². The quantitative estimate of drug-likeness (QED) is 0.346. The minimum atomic E-state index is 0.0115. The largest absolute Gasteiger partial charge is 0.490 e. The van der Waals surface area contributed by atoms with E-state index in [1.807, 2.05) is 53.3 Å². The van der Waals surface area contributed by atoms with Crippen molar-refractivity contribution in [1.82, 2.24) is 25.4 Å². The summed E-state index contributed by atoms with van der Waals surface area (Å²) in [4.78, 5) is 8.29. The molecule has 3 rings (SSSR count). The Labute approximate surface area is 169 Å². The SMILES string of the molecule is CN=C(NCCOc1cccnc1)NCC(c1ccc(Cl)cc1)n1cccn1. The standard InChI is InChI=1S/C20H23ClN6O/c1-22-20(24-11-13-28-18-4-2-9-23-14-18)25-15-19(27-12-3-10-26-27)16-5-7-17(21)8-6-16/h2-10,12,14,19H,11,13,15H2,1H3,(H2,22,24,25). The summed E-state index contributed by atoms with van der Waals surface area (Å²) < 4.78 is 7.54. The molecule has 0 aliphatic heterocycles. The summed E-state index contributed by atoms with van der Waals surface area (Å²) >= 11 is 6.02. The predicted molar refractivity (Wildman–Crippen MR) is 111 cm³/mol. The second-order valence-corrected chi connectivity index (χ2v) is 6.41. The van der Waals surface area contributed by atoms with Gasteiger partial charge in [0.05, 0.1) is 18.8 Å².